The van der Waals surface area contributed by atoms with Crippen LogP contribution < -0.4 is 10.2 Å². The number of rotatable bonds is 4. The molecular weight excluding hydrogens is 483 g/mol. The van der Waals surface area contributed by atoms with Crippen molar-refractivity contribution in [2.24, 2.45) is 0 Å². The maximum Gasteiger partial charge on any atom is 0.270 e. The molecule has 4 nitrogen and oxygen atoms in total. The van der Waals surface area contributed by atoms with Gasteiger partial charge in [-0.25, -0.2) is 0 Å². The number of thiocarbonyl (C=S) groups is 1. The average molecular weight is 499 g/mol. The fourth-order valence-corrected chi connectivity index (χ4v) is 4.55. The number of hydrogen-bond donors (Lipinski definition) is 1. The van der Waals surface area contributed by atoms with E-state index in [0.29, 0.717) is 11.3 Å². The van der Waals surface area contributed by atoms with E-state index >= 15 is 0 Å². The van der Waals surface area contributed by atoms with Crippen molar-refractivity contribution < 1.29 is 9.59 Å². The lowest BCUT2D eigenvalue weighted by Gasteiger charge is -2.29. The summed E-state index contributed by atoms with van der Waals surface area (Å²) < 4.78 is 0. The highest BCUT2D eigenvalue weighted by Crippen LogP contribution is 2.34. The molecule has 1 aliphatic rings. The molecule has 3 aromatic rings. The second kappa shape index (κ2) is 9.46. The summed E-state index contributed by atoms with van der Waals surface area (Å²) >= 11 is 19.2. The van der Waals surface area contributed by atoms with Gasteiger partial charge in [-0.3, -0.25) is 19.8 Å². The summed E-state index contributed by atoms with van der Waals surface area (Å²) in [6.45, 7) is 2.05. The normalized spacial score (nSPS) is 15.3. The van der Waals surface area contributed by atoms with Crippen molar-refractivity contribution in [2.45, 2.75) is 16.7 Å². The van der Waals surface area contributed by atoms with Crippen molar-refractivity contribution in [2.75, 3.05) is 4.90 Å². The number of nitrogens with zero attached hydrogens (tertiary/aromatic N) is 1. The van der Waals surface area contributed by atoms with E-state index in [0.717, 1.165) is 9.79 Å². The van der Waals surface area contributed by atoms with Gasteiger partial charge in [-0.05, 0) is 67.2 Å². The second-order valence-electron chi connectivity index (χ2n) is 7.01. The Labute approximate surface area is 205 Å². The number of amides is 2. The predicted molar refractivity (Wildman–Crippen MR) is 134 cm³/mol. The number of carbonyl (C=O) groups is 2. The predicted octanol–water partition coefficient (Wildman–Crippen LogP) is 6.28. The topological polar surface area (TPSA) is 49.4 Å². The monoisotopic (exact) mass is 498 g/mol. The summed E-state index contributed by atoms with van der Waals surface area (Å²) in [7, 11) is 0. The molecule has 3 aromatic carbocycles. The molecule has 4 rings (SSSR count). The summed E-state index contributed by atoms with van der Waals surface area (Å²) in [5, 5.41) is 2.96. The first-order valence-corrected chi connectivity index (χ1v) is 11.5. The van der Waals surface area contributed by atoms with Crippen LogP contribution in [-0.4, -0.2) is 16.9 Å². The van der Waals surface area contributed by atoms with Crippen molar-refractivity contribution in [1.29, 1.82) is 0 Å². The Morgan fingerprint density at radius 3 is 2.22 bits per heavy atom. The zero-order valence-electron chi connectivity index (χ0n) is 16.8. The minimum Gasteiger partial charge on any atom is -0.298 e. The number of benzene rings is 3. The quantitative estimate of drug-likeness (QED) is 0.261. The smallest absolute Gasteiger partial charge is 0.270 e. The maximum atomic E-state index is 13.2. The number of carbonyl (C=O) groups excluding carboxylic acids is 2. The lowest BCUT2D eigenvalue weighted by molar-refractivity contribution is -0.122. The molecule has 0 bridgehead atoms. The van der Waals surface area contributed by atoms with Crippen molar-refractivity contribution in [3.63, 3.8) is 0 Å². The Balaban J connectivity index is 1.60. The minimum absolute atomic E-state index is 0.0476. The van der Waals surface area contributed by atoms with Crippen molar-refractivity contribution >= 4 is 75.9 Å². The molecule has 0 aromatic heterocycles. The summed E-state index contributed by atoms with van der Waals surface area (Å²) in [5.41, 5.74) is 2.18. The van der Waals surface area contributed by atoms with E-state index in [1.807, 2.05) is 31.2 Å². The van der Waals surface area contributed by atoms with Gasteiger partial charge in [0.15, 0.2) is 5.11 Å². The van der Waals surface area contributed by atoms with E-state index in [9.17, 15) is 9.59 Å². The van der Waals surface area contributed by atoms with Gasteiger partial charge in [-0.15, -0.1) is 0 Å². The van der Waals surface area contributed by atoms with Crippen LogP contribution in [0.4, 0.5) is 5.69 Å². The third-order valence-corrected chi connectivity index (χ3v) is 6.83. The van der Waals surface area contributed by atoms with Crippen LogP contribution in [0.3, 0.4) is 0 Å². The van der Waals surface area contributed by atoms with Crippen molar-refractivity contribution in [3.8, 4) is 0 Å². The van der Waals surface area contributed by atoms with Crippen LogP contribution >= 0.6 is 47.2 Å². The maximum absolute atomic E-state index is 13.2. The van der Waals surface area contributed by atoms with Crippen LogP contribution in [-0.2, 0) is 9.59 Å². The Kier molecular flexibility index (Phi) is 6.67. The molecule has 32 heavy (non-hydrogen) atoms. The van der Waals surface area contributed by atoms with Crippen LogP contribution in [0.1, 0.15) is 11.1 Å². The van der Waals surface area contributed by atoms with E-state index in [1.54, 1.807) is 30.0 Å². The first kappa shape index (κ1) is 22.6. The molecule has 1 heterocycles. The molecule has 1 N–H and O–H groups in total. The zero-order chi connectivity index (χ0) is 22.8. The first-order valence-electron chi connectivity index (χ1n) is 9.53. The fourth-order valence-electron chi connectivity index (χ4n) is 3.08. The van der Waals surface area contributed by atoms with Crippen LogP contribution in [0.25, 0.3) is 6.08 Å². The molecule has 0 spiro atoms. The van der Waals surface area contributed by atoms with Gasteiger partial charge < -0.3 is 0 Å². The highest BCUT2D eigenvalue weighted by atomic mass is 35.5. The van der Waals surface area contributed by atoms with Crippen LogP contribution in [0.2, 0.25) is 10.0 Å². The first-order chi connectivity index (χ1) is 15.3. The molecule has 0 unspecified atom stereocenters. The molecule has 1 fully saturated rings. The van der Waals surface area contributed by atoms with Gasteiger partial charge >= 0.3 is 0 Å². The number of aryl methyl sites for hydroxylation is 1. The third kappa shape index (κ3) is 4.74. The Morgan fingerprint density at radius 2 is 1.56 bits per heavy atom. The molecule has 0 radical (unpaired) electrons. The SMILES string of the molecule is Cc1ccc(Sc2ccc(/C=C3\C(=O)NC(=S)N(c4cccc(Cl)c4Cl)C3=O)cc2)cc1. The minimum atomic E-state index is -0.568. The van der Waals surface area contributed by atoms with E-state index in [2.05, 4.69) is 29.6 Å². The number of anilines is 1. The molecular formula is C24H16Cl2N2O2S2. The molecule has 1 aliphatic heterocycles. The Hall–Kier alpha value is -2.64. The van der Waals surface area contributed by atoms with Gasteiger partial charge in [0.05, 0.1) is 15.7 Å². The standard InChI is InChI=1S/C24H16Cl2N2O2S2/c1-14-5-9-16(10-6-14)32-17-11-7-15(8-12-17)13-18-22(29)27-24(31)28(23(18)30)20-4-2-3-19(25)21(20)26/h2-13H,1H3,(H,27,29,31)/b18-13+. The van der Waals surface area contributed by atoms with E-state index in [4.69, 9.17) is 35.4 Å². The molecule has 0 saturated carbocycles. The van der Waals surface area contributed by atoms with E-state index in [1.165, 1.54) is 16.5 Å². The molecule has 0 atom stereocenters. The van der Waals surface area contributed by atoms with Crippen LogP contribution in [0, 0.1) is 6.92 Å². The molecule has 1 saturated heterocycles. The molecule has 160 valence electrons. The van der Waals surface area contributed by atoms with Gasteiger partial charge in [0.2, 0.25) is 0 Å². The average Bonchev–Trinajstić information content (AvgIpc) is 2.77. The zero-order valence-corrected chi connectivity index (χ0v) is 19.9. The summed E-state index contributed by atoms with van der Waals surface area (Å²) in [4.78, 5) is 29.0. The van der Waals surface area contributed by atoms with Crippen molar-refractivity contribution in [3.05, 3.63) is 93.5 Å². The summed E-state index contributed by atoms with van der Waals surface area (Å²) in [6, 6.07) is 20.7. The van der Waals surface area contributed by atoms with Gasteiger partial charge in [-0.1, -0.05) is 70.9 Å². The molecule has 2 amide bonds. The lowest BCUT2D eigenvalue weighted by atomic mass is 10.1. The van der Waals surface area contributed by atoms with Gasteiger partial charge in [0.1, 0.15) is 5.57 Å². The number of halogens is 2. The van der Waals surface area contributed by atoms with Gasteiger partial charge in [-0.2, -0.15) is 0 Å². The highest BCUT2D eigenvalue weighted by molar-refractivity contribution is 7.99. The van der Waals surface area contributed by atoms with E-state index < -0.39 is 11.8 Å². The molecule has 0 aliphatic carbocycles. The number of hydrogen-bond acceptors (Lipinski definition) is 4. The van der Waals surface area contributed by atoms with Crippen LogP contribution in [0.15, 0.2) is 82.1 Å². The molecule has 8 heteroatoms. The van der Waals surface area contributed by atoms with Gasteiger partial charge in [0.25, 0.3) is 11.8 Å². The largest absolute Gasteiger partial charge is 0.298 e. The Bertz CT molecular complexity index is 1260. The van der Waals surface area contributed by atoms with E-state index in [-0.39, 0.29) is 20.7 Å². The second-order valence-corrected chi connectivity index (χ2v) is 9.33. The highest BCUT2D eigenvalue weighted by Gasteiger charge is 2.35. The fraction of sp³-hybridized carbons (Fsp3) is 0.0417. The van der Waals surface area contributed by atoms with Crippen LogP contribution in [0.5, 0.6) is 0 Å². The summed E-state index contributed by atoms with van der Waals surface area (Å²) in [5.74, 6) is -1.13. The van der Waals surface area contributed by atoms with Gasteiger partial charge in [0, 0.05) is 9.79 Å². The van der Waals surface area contributed by atoms with Crippen molar-refractivity contribution in [1.82, 2.24) is 5.32 Å². The Morgan fingerprint density at radius 1 is 0.938 bits per heavy atom. The lowest BCUT2D eigenvalue weighted by Crippen LogP contribution is -2.54. The third-order valence-electron chi connectivity index (χ3n) is 4.72. The number of nitrogens with one attached hydrogen (secondary N) is 1. The summed E-state index contributed by atoms with van der Waals surface area (Å²) in [6.07, 6.45) is 1.53.